The van der Waals surface area contributed by atoms with E-state index < -0.39 is 5.92 Å². The molecule has 0 aliphatic heterocycles. The second-order valence-electron chi connectivity index (χ2n) is 6.49. The molecule has 2 heterocycles. The maximum atomic E-state index is 13.4. The summed E-state index contributed by atoms with van der Waals surface area (Å²) >= 11 is 0. The summed E-state index contributed by atoms with van der Waals surface area (Å²) < 4.78 is 32.2. The van der Waals surface area contributed by atoms with Gasteiger partial charge in [-0.3, -0.25) is 0 Å². The molecule has 26 heavy (non-hydrogen) atoms. The van der Waals surface area contributed by atoms with Gasteiger partial charge in [0.2, 0.25) is 11.7 Å². The average Bonchev–Trinajstić information content (AvgIpc) is 3.28. The number of nitrogens with one attached hydrogen (secondary N) is 1. The number of anilines is 1. The second-order valence-corrected chi connectivity index (χ2v) is 6.49. The number of pyridine rings is 1. The predicted molar refractivity (Wildman–Crippen MR) is 94.1 cm³/mol. The maximum absolute atomic E-state index is 13.4. The number of benzene rings is 1. The molecule has 0 unspecified atom stereocenters. The summed E-state index contributed by atoms with van der Waals surface area (Å²) in [5, 5.41) is 7.02. The van der Waals surface area contributed by atoms with Crippen LogP contribution in [0.5, 0.6) is 0 Å². The van der Waals surface area contributed by atoms with E-state index in [1.54, 1.807) is 19.3 Å². The maximum Gasteiger partial charge on any atom is 0.258 e. The highest BCUT2D eigenvalue weighted by molar-refractivity contribution is 5.70. The van der Waals surface area contributed by atoms with Gasteiger partial charge < -0.3 is 9.84 Å². The lowest BCUT2D eigenvalue weighted by atomic mass is 9.96. The highest BCUT2D eigenvalue weighted by Gasteiger charge is 2.39. The molecule has 2 aromatic heterocycles. The van der Waals surface area contributed by atoms with Crippen molar-refractivity contribution in [3.05, 3.63) is 48.2 Å². The van der Waals surface area contributed by atoms with Gasteiger partial charge in [0.1, 0.15) is 5.82 Å². The minimum atomic E-state index is -2.54. The van der Waals surface area contributed by atoms with E-state index in [9.17, 15) is 8.78 Å². The Kier molecular flexibility index (Phi) is 4.14. The zero-order valence-electron chi connectivity index (χ0n) is 14.2. The molecule has 0 saturated heterocycles. The number of alkyl halides is 2. The molecule has 5 nitrogen and oxygen atoms in total. The van der Waals surface area contributed by atoms with Crippen molar-refractivity contribution < 1.29 is 13.3 Å². The SMILES string of the molecule is CNc1ncccc1-c1noc(-c2ccc([C@H]3CCC(F)(F)C3)cc2)n1. The van der Waals surface area contributed by atoms with Crippen LogP contribution in [0.2, 0.25) is 0 Å². The van der Waals surface area contributed by atoms with E-state index in [1.807, 2.05) is 30.3 Å². The van der Waals surface area contributed by atoms with E-state index >= 15 is 0 Å². The van der Waals surface area contributed by atoms with E-state index in [0.717, 1.165) is 16.7 Å². The predicted octanol–water partition coefficient (Wildman–Crippen LogP) is 4.74. The van der Waals surface area contributed by atoms with Gasteiger partial charge >= 0.3 is 0 Å². The molecule has 1 N–H and O–H groups in total. The Bertz CT molecular complexity index is 908. The van der Waals surface area contributed by atoms with Crippen LogP contribution in [0.4, 0.5) is 14.6 Å². The van der Waals surface area contributed by atoms with Crippen molar-refractivity contribution in [3.63, 3.8) is 0 Å². The van der Waals surface area contributed by atoms with Gasteiger partial charge in [-0.25, -0.2) is 13.8 Å². The topological polar surface area (TPSA) is 63.8 Å². The fraction of sp³-hybridized carbons (Fsp3) is 0.316. The Morgan fingerprint density at radius 1 is 1.19 bits per heavy atom. The third kappa shape index (κ3) is 3.16. The van der Waals surface area contributed by atoms with Crippen molar-refractivity contribution in [3.8, 4) is 22.8 Å². The van der Waals surface area contributed by atoms with Crippen molar-refractivity contribution in [1.29, 1.82) is 0 Å². The van der Waals surface area contributed by atoms with Gasteiger partial charge in [-0.2, -0.15) is 4.98 Å². The van der Waals surface area contributed by atoms with Crippen LogP contribution in [0.25, 0.3) is 22.8 Å². The van der Waals surface area contributed by atoms with Crippen molar-refractivity contribution in [1.82, 2.24) is 15.1 Å². The van der Waals surface area contributed by atoms with Crippen LogP contribution in [0, 0.1) is 0 Å². The smallest absolute Gasteiger partial charge is 0.258 e. The lowest BCUT2D eigenvalue weighted by molar-refractivity contribution is 0.00777. The number of nitrogens with zero attached hydrogens (tertiary/aromatic N) is 3. The molecule has 0 amide bonds. The van der Waals surface area contributed by atoms with Gasteiger partial charge in [0.15, 0.2) is 0 Å². The zero-order chi connectivity index (χ0) is 18.1. The van der Waals surface area contributed by atoms with Crippen molar-refractivity contribution in [2.75, 3.05) is 12.4 Å². The minimum absolute atomic E-state index is 0.0364. The average molecular weight is 356 g/mol. The summed E-state index contributed by atoms with van der Waals surface area (Å²) in [6, 6.07) is 11.1. The first-order valence-corrected chi connectivity index (χ1v) is 8.51. The molecule has 0 radical (unpaired) electrons. The summed E-state index contributed by atoms with van der Waals surface area (Å²) in [6.45, 7) is 0. The van der Waals surface area contributed by atoms with Gasteiger partial charge in [0.25, 0.3) is 5.89 Å². The Hall–Kier alpha value is -2.83. The molecule has 1 aromatic carbocycles. The van der Waals surface area contributed by atoms with Crippen LogP contribution in [0.1, 0.15) is 30.7 Å². The van der Waals surface area contributed by atoms with Crippen LogP contribution in [-0.4, -0.2) is 28.1 Å². The molecule has 1 saturated carbocycles. The first kappa shape index (κ1) is 16.6. The second kappa shape index (κ2) is 6.48. The molecule has 4 rings (SSSR count). The fourth-order valence-corrected chi connectivity index (χ4v) is 3.37. The number of halogens is 2. The first-order chi connectivity index (χ1) is 12.6. The molecule has 3 aromatic rings. The molecule has 0 bridgehead atoms. The summed E-state index contributed by atoms with van der Waals surface area (Å²) in [5.74, 6) is -1.14. The van der Waals surface area contributed by atoms with E-state index in [0.29, 0.717) is 24.0 Å². The van der Waals surface area contributed by atoms with Crippen LogP contribution in [-0.2, 0) is 0 Å². The van der Waals surface area contributed by atoms with E-state index in [4.69, 9.17) is 4.52 Å². The van der Waals surface area contributed by atoms with Crippen LogP contribution in [0.15, 0.2) is 47.1 Å². The zero-order valence-corrected chi connectivity index (χ0v) is 14.2. The lowest BCUT2D eigenvalue weighted by Gasteiger charge is -2.11. The first-order valence-electron chi connectivity index (χ1n) is 8.51. The van der Waals surface area contributed by atoms with E-state index in [1.165, 1.54) is 0 Å². The molecular formula is C19H18F2N4O. The fourth-order valence-electron chi connectivity index (χ4n) is 3.37. The van der Waals surface area contributed by atoms with E-state index in [2.05, 4.69) is 20.4 Å². The largest absolute Gasteiger partial charge is 0.373 e. The lowest BCUT2D eigenvalue weighted by Crippen LogP contribution is -2.09. The number of hydrogen-bond acceptors (Lipinski definition) is 5. The quantitative estimate of drug-likeness (QED) is 0.731. The van der Waals surface area contributed by atoms with Gasteiger partial charge in [-0.15, -0.1) is 0 Å². The highest BCUT2D eigenvalue weighted by atomic mass is 19.3. The van der Waals surface area contributed by atoms with E-state index in [-0.39, 0.29) is 18.8 Å². The molecule has 1 aliphatic rings. The third-order valence-electron chi connectivity index (χ3n) is 4.74. The van der Waals surface area contributed by atoms with Crippen LogP contribution >= 0.6 is 0 Å². The highest BCUT2D eigenvalue weighted by Crippen LogP contribution is 2.44. The Morgan fingerprint density at radius 2 is 2.00 bits per heavy atom. The van der Waals surface area contributed by atoms with Gasteiger partial charge in [-0.05, 0) is 42.2 Å². The molecule has 1 atom stereocenters. The Balaban J connectivity index is 1.56. The number of aromatic nitrogens is 3. The van der Waals surface area contributed by atoms with Crippen molar-refractivity contribution in [2.24, 2.45) is 0 Å². The molecule has 134 valence electrons. The van der Waals surface area contributed by atoms with Crippen LogP contribution < -0.4 is 5.32 Å². The number of rotatable bonds is 4. The van der Waals surface area contributed by atoms with Gasteiger partial charge in [0.05, 0.1) is 5.56 Å². The normalized spacial score (nSPS) is 18.8. The summed E-state index contributed by atoms with van der Waals surface area (Å²) in [7, 11) is 1.78. The van der Waals surface area contributed by atoms with Crippen LogP contribution in [0.3, 0.4) is 0 Å². The molecule has 1 aliphatic carbocycles. The molecular weight excluding hydrogens is 338 g/mol. The molecule has 7 heteroatoms. The summed E-state index contributed by atoms with van der Waals surface area (Å²) in [6.07, 6.45) is 2.09. The standard InChI is InChI=1S/C19H18F2N4O/c1-22-16-15(3-2-10-23-16)17-24-18(26-25-17)13-6-4-12(5-7-13)14-8-9-19(20,21)11-14/h2-7,10,14H,8-9,11H2,1H3,(H,22,23)/t14-/m0/s1. The third-order valence-corrected chi connectivity index (χ3v) is 4.74. The van der Waals surface area contributed by atoms with Crippen molar-refractivity contribution in [2.45, 2.75) is 31.1 Å². The van der Waals surface area contributed by atoms with Gasteiger partial charge in [-0.1, -0.05) is 17.3 Å². The molecule has 0 spiro atoms. The Morgan fingerprint density at radius 3 is 2.69 bits per heavy atom. The Labute approximate surface area is 149 Å². The minimum Gasteiger partial charge on any atom is -0.373 e. The summed E-state index contributed by atoms with van der Waals surface area (Å²) in [4.78, 5) is 8.66. The monoisotopic (exact) mass is 356 g/mol. The number of hydrogen-bond donors (Lipinski definition) is 1. The van der Waals surface area contributed by atoms with Crippen molar-refractivity contribution >= 4 is 5.82 Å². The summed E-state index contributed by atoms with van der Waals surface area (Å²) in [5.41, 5.74) is 2.43. The van der Waals surface area contributed by atoms with Gasteiger partial charge in [0, 0.05) is 31.6 Å². The molecule has 1 fully saturated rings.